The molecule has 1 atom stereocenters. The average molecular weight is 169 g/mol. The van der Waals surface area contributed by atoms with Gasteiger partial charge in [0.05, 0.1) is 0 Å². The molecule has 1 unspecified atom stereocenters. The molecule has 0 aliphatic rings. The van der Waals surface area contributed by atoms with Crippen LogP contribution in [-0.2, 0) is 0 Å². The predicted octanol–water partition coefficient (Wildman–Crippen LogP) is 0.942. The van der Waals surface area contributed by atoms with Crippen LogP contribution >= 0.6 is 0 Å². The van der Waals surface area contributed by atoms with Gasteiger partial charge in [-0.3, -0.25) is 0 Å². The SMILES string of the molecule is Cc1ccnc(N)c1C(F)CN. The van der Waals surface area contributed by atoms with Gasteiger partial charge in [-0.25, -0.2) is 9.37 Å². The summed E-state index contributed by atoms with van der Waals surface area (Å²) < 4.78 is 13.1. The summed E-state index contributed by atoms with van der Waals surface area (Å²) in [6.45, 7) is 1.73. The molecule has 1 aromatic heterocycles. The number of nitrogen functional groups attached to an aromatic ring is 1. The number of rotatable bonds is 2. The fourth-order valence-corrected chi connectivity index (χ4v) is 1.12. The van der Waals surface area contributed by atoms with Crippen molar-refractivity contribution in [3.05, 3.63) is 23.4 Å². The normalized spacial score (nSPS) is 12.9. The summed E-state index contributed by atoms with van der Waals surface area (Å²) in [4.78, 5) is 3.79. The second-order valence-electron chi connectivity index (χ2n) is 2.63. The van der Waals surface area contributed by atoms with Gasteiger partial charge in [-0.1, -0.05) is 0 Å². The Hall–Kier alpha value is -1.16. The highest BCUT2D eigenvalue weighted by Crippen LogP contribution is 2.24. The Labute approximate surface area is 70.6 Å². The lowest BCUT2D eigenvalue weighted by atomic mass is 10.1. The zero-order valence-electron chi connectivity index (χ0n) is 6.92. The van der Waals surface area contributed by atoms with Gasteiger partial charge in [-0.05, 0) is 18.6 Å². The summed E-state index contributed by atoms with van der Waals surface area (Å²) in [5.41, 5.74) is 11.9. The number of hydrogen-bond donors (Lipinski definition) is 2. The Morgan fingerprint density at radius 2 is 2.33 bits per heavy atom. The van der Waals surface area contributed by atoms with Crippen molar-refractivity contribution in [3.8, 4) is 0 Å². The second-order valence-corrected chi connectivity index (χ2v) is 2.63. The van der Waals surface area contributed by atoms with Crippen LogP contribution in [-0.4, -0.2) is 11.5 Å². The molecule has 0 radical (unpaired) electrons. The summed E-state index contributed by atoms with van der Waals surface area (Å²) in [5, 5.41) is 0. The first-order valence-electron chi connectivity index (χ1n) is 3.72. The van der Waals surface area contributed by atoms with Crippen molar-refractivity contribution < 1.29 is 4.39 Å². The monoisotopic (exact) mass is 169 g/mol. The van der Waals surface area contributed by atoms with Gasteiger partial charge in [-0.2, -0.15) is 0 Å². The Bertz CT molecular complexity index is 255. The van der Waals surface area contributed by atoms with Crippen LogP contribution in [0.1, 0.15) is 17.3 Å². The standard InChI is InChI=1S/C8H12FN3/c1-5-2-3-12-8(11)7(5)6(9)4-10/h2-3,6H,4,10H2,1H3,(H2,11,12). The molecule has 0 spiro atoms. The van der Waals surface area contributed by atoms with Crippen molar-refractivity contribution in [3.63, 3.8) is 0 Å². The van der Waals surface area contributed by atoms with Crippen LogP contribution in [0.25, 0.3) is 0 Å². The zero-order chi connectivity index (χ0) is 9.14. The molecule has 66 valence electrons. The van der Waals surface area contributed by atoms with Crippen molar-refractivity contribution in [1.29, 1.82) is 0 Å². The summed E-state index contributed by atoms with van der Waals surface area (Å²) in [7, 11) is 0. The molecule has 0 bridgehead atoms. The highest BCUT2D eigenvalue weighted by Gasteiger charge is 2.14. The molecule has 3 nitrogen and oxygen atoms in total. The number of anilines is 1. The van der Waals surface area contributed by atoms with Crippen LogP contribution in [0.4, 0.5) is 10.2 Å². The van der Waals surface area contributed by atoms with E-state index in [0.717, 1.165) is 5.56 Å². The largest absolute Gasteiger partial charge is 0.383 e. The Morgan fingerprint density at radius 1 is 1.67 bits per heavy atom. The molecule has 1 aromatic rings. The molecule has 0 fully saturated rings. The van der Waals surface area contributed by atoms with E-state index in [2.05, 4.69) is 4.98 Å². The topological polar surface area (TPSA) is 64.9 Å². The van der Waals surface area contributed by atoms with E-state index in [1.807, 2.05) is 0 Å². The molecule has 0 amide bonds. The van der Waals surface area contributed by atoms with E-state index >= 15 is 0 Å². The lowest BCUT2D eigenvalue weighted by molar-refractivity contribution is 0.352. The van der Waals surface area contributed by atoms with E-state index in [-0.39, 0.29) is 12.4 Å². The molecule has 4 heteroatoms. The van der Waals surface area contributed by atoms with Crippen LogP contribution in [0.15, 0.2) is 12.3 Å². The number of aromatic nitrogens is 1. The van der Waals surface area contributed by atoms with Crippen LogP contribution in [0.3, 0.4) is 0 Å². The van der Waals surface area contributed by atoms with E-state index < -0.39 is 6.17 Å². The van der Waals surface area contributed by atoms with Gasteiger partial charge in [0.25, 0.3) is 0 Å². The van der Waals surface area contributed by atoms with E-state index in [0.29, 0.717) is 5.56 Å². The molecule has 4 N–H and O–H groups in total. The Balaban J connectivity index is 3.12. The molecule has 12 heavy (non-hydrogen) atoms. The van der Waals surface area contributed by atoms with Gasteiger partial charge >= 0.3 is 0 Å². The molecular weight excluding hydrogens is 157 g/mol. The summed E-state index contributed by atoms with van der Waals surface area (Å²) in [5.74, 6) is 0.230. The van der Waals surface area contributed by atoms with Crippen molar-refractivity contribution in [2.24, 2.45) is 5.73 Å². The number of nitrogens with zero attached hydrogens (tertiary/aromatic N) is 1. The molecular formula is C8H12FN3. The van der Waals surface area contributed by atoms with Crippen molar-refractivity contribution in [2.45, 2.75) is 13.1 Å². The van der Waals surface area contributed by atoms with Gasteiger partial charge in [0.15, 0.2) is 0 Å². The quantitative estimate of drug-likeness (QED) is 0.692. The maximum atomic E-state index is 13.1. The second kappa shape index (κ2) is 3.49. The highest BCUT2D eigenvalue weighted by atomic mass is 19.1. The minimum atomic E-state index is -1.21. The number of pyridine rings is 1. The molecule has 1 heterocycles. The van der Waals surface area contributed by atoms with Crippen molar-refractivity contribution in [2.75, 3.05) is 12.3 Å². The third kappa shape index (κ3) is 1.53. The lowest BCUT2D eigenvalue weighted by Gasteiger charge is -2.10. The molecule has 0 aliphatic heterocycles. The number of aryl methyl sites for hydroxylation is 1. The molecule has 0 aromatic carbocycles. The summed E-state index contributed by atoms with van der Waals surface area (Å²) >= 11 is 0. The number of halogens is 1. The van der Waals surface area contributed by atoms with E-state index in [1.165, 1.54) is 0 Å². The lowest BCUT2D eigenvalue weighted by Crippen LogP contribution is -2.12. The minimum Gasteiger partial charge on any atom is -0.383 e. The molecule has 0 saturated carbocycles. The fourth-order valence-electron chi connectivity index (χ4n) is 1.12. The van der Waals surface area contributed by atoms with Gasteiger partial charge in [0, 0.05) is 18.3 Å². The van der Waals surface area contributed by atoms with Crippen molar-refractivity contribution in [1.82, 2.24) is 4.98 Å². The van der Waals surface area contributed by atoms with Gasteiger partial charge in [-0.15, -0.1) is 0 Å². The molecule has 0 aliphatic carbocycles. The maximum Gasteiger partial charge on any atom is 0.141 e. The number of nitrogens with two attached hydrogens (primary N) is 2. The highest BCUT2D eigenvalue weighted by molar-refractivity contribution is 5.45. The van der Waals surface area contributed by atoms with E-state index in [1.54, 1.807) is 19.2 Å². The Kier molecular flexibility index (Phi) is 2.60. The number of hydrogen-bond acceptors (Lipinski definition) is 3. The van der Waals surface area contributed by atoms with Gasteiger partial charge in [0.1, 0.15) is 12.0 Å². The smallest absolute Gasteiger partial charge is 0.141 e. The number of alkyl halides is 1. The fraction of sp³-hybridized carbons (Fsp3) is 0.375. The van der Waals surface area contributed by atoms with Gasteiger partial charge < -0.3 is 11.5 Å². The van der Waals surface area contributed by atoms with E-state index in [4.69, 9.17) is 11.5 Å². The maximum absolute atomic E-state index is 13.1. The van der Waals surface area contributed by atoms with Gasteiger partial charge in [0.2, 0.25) is 0 Å². The summed E-state index contributed by atoms with van der Waals surface area (Å²) in [6.07, 6.45) is 0.343. The van der Waals surface area contributed by atoms with Crippen LogP contribution < -0.4 is 11.5 Å². The third-order valence-electron chi connectivity index (χ3n) is 1.76. The van der Waals surface area contributed by atoms with Crippen LogP contribution in [0, 0.1) is 6.92 Å². The van der Waals surface area contributed by atoms with Crippen LogP contribution in [0.2, 0.25) is 0 Å². The van der Waals surface area contributed by atoms with Crippen molar-refractivity contribution >= 4 is 5.82 Å². The minimum absolute atomic E-state index is 0.0588. The average Bonchev–Trinajstić information content (AvgIpc) is 2.03. The Morgan fingerprint density at radius 3 is 2.83 bits per heavy atom. The first-order valence-corrected chi connectivity index (χ1v) is 3.72. The summed E-state index contributed by atoms with van der Waals surface area (Å²) in [6, 6.07) is 1.72. The molecule has 0 saturated heterocycles. The first-order chi connectivity index (χ1) is 5.66. The molecule has 1 rings (SSSR count). The zero-order valence-corrected chi connectivity index (χ0v) is 6.92. The first kappa shape index (κ1) is 8.93. The predicted molar refractivity (Wildman–Crippen MR) is 46.3 cm³/mol. The third-order valence-corrected chi connectivity index (χ3v) is 1.76. The van der Waals surface area contributed by atoms with Crippen LogP contribution in [0.5, 0.6) is 0 Å². The van der Waals surface area contributed by atoms with E-state index in [9.17, 15) is 4.39 Å².